The topological polar surface area (TPSA) is 74.8 Å². The van der Waals surface area contributed by atoms with E-state index >= 15 is 0 Å². The Hall–Kier alpha value is -2.17. The van der Waals surface area contributed by atoms with Crippen LogP contribution in [0.4, 0.5) is 5.95 Å². The third-order valence-corrected chi connectivity index (χ3v) is 3.83. The predicted octanol–water partition coefficient (Wildman–Crippen LogP) is 2.40. The van der Waals surface area contributed by atoms with Gasteiger partial charge in [-0.3, -0.25) is 19.9 Å². The number of aryl methyl sites for hydroxylation is 2. The first kappa shape index (κ1) is 13.8. The Morgan fingerprint density at radius 1 is 1.24 bits per heavy atom. The summed E-state index contributed by atoms with van der Waals surface area (Å²) >= 11 is 0. The fraction of sp³-hybridized carbons (Fsp3) is 0.438. The van der Waals surface area contributed by atoms with Crippen molar-refractivity contribution in [3.05, 3.63) is 33.6 Å². The van der Waals surface area contributed by atoms with E-state index in [4.69, 9.17) is 0 Å². The summed E-state index contributed by atoms with van der Waals surface area (Å²) in [5, 5.41) is 3.26. The highest BCUT2D eigenvalue weighted by molar-refractivity contribution is 5.93. The van der Waals surface area contributed by atoms with Crippen molar-refractivity contribution in [2.75, 3.05) is 5.32 Å². The first-order chi connectivity index (χ1) is 9.84. The van der Waals surface area contributed by atoms with Gasteiger partial charge in [-0.15, -0.1) is 0 Å². The number of hydrogen-bond acceptors (Lipinski definition) is 3. The van der Waals surface area contributed by atoms with Crippen LogP contribution in [-0.4, -0.2) is 15.9 Å². The average Bonchev–Trinajstić information content (AvgIpc) is 2.82. The summed E-state index contributed by atoms with van der Waals surface area (Å²) in [6.07, 6.45) is 3.17. The smallest absolute Gasteiger partial charge is 0.260 e. The van der Waals surface area contributed by atoms with Gasteiger partial charge in [-0.25, -0.2) is 4.98 Å². The zero-order chi connectivity index (χ0) is 15.2. The van der Waals surface area contributed by atoms with E-state index in [2.05, 4.69) is 15.3 Å². The number of fused-ring (bicyclic) bond motifs is 2. The molecule has 2 aromatic rings. The first-order valence-electron chi connectivity index (χ1n) is 7.22. The number of benzene rings is 1. The minimum Gasteiger partial charge on any atom is -0.296 e. The van der Waals surface area contributed by atoms with E-state index in [1.165, 1.54) is 11.1 Å². The number of aromatic nitrogens is 2. The van der Waals surface area contributed by atoms with Crippen molar-refractivity contribution in [3.8, 4) is 0 Å². The Bertz CT molecular complexity index is 784. The highest BCUT2D eigenvalue weighted by atomic mass is 16.2. The third kappa shape index (κ3) is 2.55. The molecule has 0 saturated heterocycles. The molecule has 3 rings (SSSR count). The van der Waals surface area contributed by atoms with Crippen molar-refractivity contribution >= 4 is 22.8 Å². The number of aromatic amines is 1. The van der Waals surface area contributed by atoms with Gasteiger partial charge >= 0.3 is 0 Å². The van der Waals surface area contributed by atoms with Crippen LogP contribution in [0.25, 0.3) is 10.9 Å². The van der Waals surface area contributed by atoms with Crippen molar-refractivity contribution in [1.29, 1.82) is 0 Å². The van der Waals surface area contributed by atoms with Crippen LogP contribution in [0.5, 0.6) is 0 Å². The molecular formula is C16H19N3O2. The maximum absolute atomic E-state index is 12.2. The number of anilines is 1. The molecule has 1 aromatic carbocycles. The number of rotatable bonds is 1. The molecule has 21 heavy (non-hydrogen) atoms. The minimum atomic E-state index is -0.536. The molecule has 2 N–H and O–H groups in total. The molecule has 0 unspecified atom stereocenters. The number of hydrogen-bond donors (Lipinski definition) is 2. The van der Waals surface area contributed by atoms with E-state index < -0.39 is 5.41 Å². The zero-order valence-electron chi connectivity index (χ0n) is 12.5. The summed E-state index contributed by atoms with van der Waals surface area (Å²) in [7, 11) is 0. The summed E-state index contributed by atoms with van der Waals surface area (Å²) in [5.74, 6) is 0.0385. The lowest BCUT2D eigenvalue weighted by Crippen LogP contribution is -2.29. The van der Waals surface area contributed by atoms with E-state index in [9.17, 15) is 9.59 Å². The fourth-order valence-corrected chi connectivity index (χ4v) is 2.56. The molecule has 1 heterocycles. The van der Waals surface area contributed by atoms with Crippen LogP contribution in [0.1, 0.15) is 38.3 Å². The number of nitrogens with zero attached hydrogens (tertiary/aromatic N) is 1. The van der Waals surface area contributed by atoms with E-state index in [1.54, 1.807) is 0 Å². The molecule has 1 aromatic heterocycles. The van der Waals surface area contributed by atoms with Gasteiger partial charge in [0, 0.05) is 5.41 Å². The quantitative estimate of drug-likeness (QED) is 0.844. The molecule has 0 spiro atoms. The van der Waals surface area contributed by atoms with Crippen LogP contribution in [0, 0.1) is 5.41 Å². The molecule has 0 radical (unpaired) electrons. The van der Waals surface area contributed by atoms with Crippen molar-refractivity contribution in [1.82, 2.24) is 9.97 Å². The monoisotopic (exact) mass is 285 g/mol. The lowest BCUT2D eigenvalue weighted by atomic mass is 9.96. The summed E-state index contributed by atoms with van der Waals surface area (Å²) in [6, 6.07) is 3.90. The number of carbonyl (C=O) groups is 1. The van der Waals surface area contributed by atoms with Crippen molar-refractivity contribution in [2.24, 2.45) is 5.41 Å². The molecule has 0 fully saturated rings. The normalized spacial score (nSPS) is 14.2. The summed E-state index contributed by atoms with van der Waals surface area (Å²) < 4.78 is 0. The Morgan fingerprint density at radius 3 is 2.57 bits per heavy atom. The van der Waals surface area contributed by atoms with Gasteiger partial charge in [0.1, 0.15) is 0 Å². The second-order valence-electron chi connectivity index (χ2n) is 6.61. The van der Waals surface area contributed by atoms with E-state index in [0.717, 1.165) is 19.3 Å². The lowest BCUT2D eigenvalue weighted by Gasteiger charge is -2.17. The molecule has 5 nitrogen and oxygen atoms in total. The van der Waals surface area contributed by atoms with E-state index in [0.29, 0.717) is 10.9 Å². The first-order valence-corrected chi connectivity index (χ1v) is 7.22. The van der Waals surface area contributed by atoms with Crippen LogP contribution in [0.15, 0.2) is 16.9 Å². The van der Waals surface area contributed by atoms with Crippen molar-refractivity contribution in [2.45, 2.75) is 40.0 Å². The van der Waals surface area contributed by atoms with Gasteiger partial charge in [0.2, 0.25) is 11.9 Å². The molecule has 1 aliphatic rings. The maximum atomic E-state index is 12.2. The van der Waals surface area contributed by atoms with Gasteiger partial charge in [0.15, 0.2) is 0 Å². The zero-order valence-corrected chi connectivity index (χ0v) is 12.5. The second-order valence-corrected chi connectivity index (χ2v) is 6.61. The maximum Gasteiger partial charge on any atom is 0.260 e. The SMILES string of the molecule is CC(C)(C)C(=O)Nc1nc2cc3c(cc2c(=O)[nH]1)CCC3. The summed E-state index contributed by atoms with van der Waals surface area (Å²) in [6.45, 7) is 5.44. The molecule has 110 valence electrons. The fourth-order valence-electron chi connectivity index (χ4n) is 2.56. The molecular weight excluding hydrogens is 266 g/mol. The predicted molar refractivity (Wildman–Crippen MR) is 82.5 cm³/mol. The Labute approximate surface area is 122 Å². The molecule has 0 saturated carbocycles. The summed E-state index contributed by atoms with van der Waals surface area (Å²) in [5.41, 5.74) is 2.39. The van der Waals surface area contributed by atoms with Crippen LogP contribution in [0.2, 0.25) is 0 Å². The lowest BCUT2D eigenvalue weighted by molar-refractivity contribution is -0.123. The molecule has 0 atom stereocenters. The third-order valence-electron chi connectivity index (χ3n) is 3.83. The van der Waals surface area contributed by atoms with Crippen LogP contribution in [-0.2, 0) is 17.6 Å². The molecule has 1 aliphatic carbocycles. The Morgan fingerprint density at radius 2 is 1.90 bits per heavy atom. The van der Waals surface area contributed by atoms with Crippen LogP contribution >= 0.6 is 0 Å². The van der Waals surface area contributed by atoms with Crippen LogP contribution in [0.3, 0.4) is 0 Å². The van der Waals surface area contributed by atoms with Crippen molar-refractivity contribution < 1.29 is 4.79 Å². The van der Waals surface area contributed by atoms with E-state index in [1.807, 2.05) is 32.9 Å². The second kappa shape index (κ2) is 4.69. The Balaban J connectivity index is 2.05. The number of amides is 1. The molecule has 5 heteroatoms. The average molecular weight is 285 g/mol. The van der Waals surface area contributed by atoms with Gasteiger partial charge < -0.3 is 0 Å². The van der Waals surface area contributed by atoms with Gasteiger partial charge in [-0.05, 0) is 42.5 Å². The van der Waals surface area contributed by atoms with Crippen molar-refractivity contribution in [3.63, 3.8) is 0 Å². The minimum absolute atomic E-state index is 0.175. The number of carbonyl (C=O) groups excluding carboxylic acids is 1. The van der Waals surface area contributed by atoms with E-state index in [-0.39, 0.29) is 17.4 Å². The largest absolute Gasteiger partial charge is 0.296 e. The standard InChI is InChI=1S/C16H19N3O2/c1-16(2,3)14(21)19-15-17-12-8-10-6-4-5-9(10)7-11(12)13(20)18-15/h7-8H,4-6H2,1-3H3,(H2,17,18,19,20,21). The highest BCUT2D eigenvalue weighted by Crippen LogP contribution is 2.25. The number of H-pyrrole nitrogens is 1. The molecule has 1 amide bonds. The number of nitrogens with one attached hydrogen (secondary N) is 2. The van der Waals surface area contributed by atoms with Gasteiger partial charge in [0.05, 0.1) is 10.9 Å². The van der Waals surface area contributed by atoms with Gasteiger partial charge in [-0.2, -0.15) is 0 Å². The van der Waals surface area contributed by atoms with Gasteiger partial charge in [-0.1, -0.05) is 20.8 Å². The summed E-state index contributed by atoms with van der Waals surface area (Å²) in [4.78, 5) is 31.2. The van der Waals surface area contributed by atoms with Crippen LogP contribution < -0.4 is 10.9 Å². The Kier molecular flexibility index (Phi) is 3.08. The van der Waals surface area contributed by atoms with Gasteiger partial charge in [0.25, 0.3) is 5.56 Å². The highest BCUT2D eigenvalue weighted by Gasteiger charge is 2.22. The molecule has 0 aliphatic heterocycles. The molecule has 0 bridgehead atoms.